The maximum absolute atomic E-state index is 13.3. The lowest BCUT2D eigenvalue weighted by Crippen LogP contribution is -2.60. The Balaban J connectivity index is 2.11. The zero-order valence-corrected chi connectivity index (χ0v) is 29.5. The van der Waals surface area contributed by atoms with E-state index in [0.29, 0.717) is 32.5 Å². The Morgan fingerprint density at radius 3 is 1.20 bits per heavy atom. The van der Waals surface area contributed by atoms with Crippen molar-refractivity contribution in [2.75, 3.05) is 19.7 Å². The second-order valence-electron chi connectivity index (χ2n) is 13.4. The van der Waals surface area contributed by atoms with Crippen LogP contribution in [0.1, 0.15) is 194 Å². The summed E-state index contributed by atoms with van der Waals surface area (Å²) in [6.07, 6.45) is 42.5. The summed E-state index contributed by atoms with van der Waals surface area (Å²) >= 11 is 0. The van der Waals surface area contributed by atoms with Crippen molar-refractivity contribution >= 4 is 11.6 Å². The van der Waals surface area contributed by atoms with Gasteiger partial charge in [0.15, 0.2) is 17.2 Å². The number of nitrogens with one attached hydrogen (secondary N) is 1. The number of hydrogen-bond acceptors (Lipinski definition) is 4. The van der Waals surface area contributed by atoms with Gasteiger partial charge in [0, 0.05) is 25.9 Å². The molecule has 4 nitrogen and oxygen atoms in total. The molecule has 0 amide bonds. The molecule has 0 saturated carbocycles. The van der Waals surface area contributed by atoms with Gasteiger partial charge < -0.3 is 10.1 Å². The lowest BCUT2D eigenvalue weighted by molar-refractivity contribution is -0.161. The van der Waals surface area contributed by atoms with E-state index in [1.54, 1.807) is 0 Å². The molecule has 1 aliphatic heterocycles. The van der Waals surface area contributed by atoms with Crippen LogP contribution in [0.4, 0.5) is 0 Å². The highest BCUT2D eigenvalue weighted by Crippen LogP contribution is 2.24. The van der Waals surface area contributed by atoms with Gasteiger partial charge in [-0.25, -0.2) is 0 Å². The van der Waals surface area contributed by atoms with E-state index in [1.807, 2.05) is 0 Å². The number of hydrogen-bond donors (Lipinski definition) is 1. The fourth-order valence-corrected chi connectivity index (χ4v) is 6.24. The number of ketones is 2. The van der Waals surface area contributed by atoms with Gasteiger partial charge in [0.05, 0.1) is 6.61 Å². The van der Waals surface area contributed by atoms with E-state index in [0.717, 1.165) is 38.5 Å². The van der Waals surface area contributed by atoms with Gasteiger partial charge in [-0.2, -0.15) is 0 Å². The van der Waals surface area contributed by atoms with Gasteiger partial charge in [-0.1, -0.05) is 141 Å². The zero-order valence-electron chi connectivity index (χ0n) is 29.5. The van der Waals surface area contributed by atoms with Crippen LogP contribution in [0, 0.1) is 0 Å². The van der Waals surface area contributed by atoms with Crippen molar-refractivity contribution < 1.29 is 14.3 Å². The summed E-state index contributed by atoms with van der Waals surface area (Å²) in [6.45, 7) is 6.04. The first-order valence-corrected chi connectivity index (χ1v) is 19.4. The Morgan fingerprint density at radius 1 is 0.523 bits per heavy atom. The number of Topliss-reactive ketones (excluding diaryl/α,β-unsaturated/α-hetero) is 2. The van der Waals surface area contributed by atoms with Crippen LogP contribution in [0.2, 0.25) is 0 Å². The van der Waals surface area contributed by atoms with Gasteiger partial charge >= 0.3 is 0 Å². The van der Waals surface area contributed by atoms with Gasteiger partial charge in [-0.3, -0.25) is 9.59 Å². The first kappa shape index (κ1) is 40.8. The third kappa shape index (κ3) is 21.5. The summed E-state index contributed by atoms with van der Waals surface area (Å²) in [5.74, 6) is 0.000137. The zero-order chi connectivity index (χ0) is 31.8. The molecule has 1 heterocycles. The molecule has 1 saturated heterocycles. The van der Waals surface area contributed by atoms with Gasteiger partial charge in [0.1, 0.15) is 0 Å². The normalized spacial score (nSPS) is 17.2. The van der Waals surface area contributed by atoms with Crippen LogP contribution in [0.5, 0.6) is 0 Å². The van der Waals surface area contributed by atoms with Crippen molar-refractivity contribution in [2.45, 2.75) is 199 Å². The fourth-order valence-electron chi connectivity index (χ4n) is 6.24. The minimum atomic E-state index is -1.24. The maximum atomic E-state index is 13.3. The van der Waals surface area contributed by atoms with E-state index in [4.69, 9.17) is 4.74 Å². The molecule has 0 aromatic heterocycles. The molecule has 1 rings (SSSR count). The van der Waals surface area contributed by atoms with E-state index in [1.165, 1.54) is 128 Å². The Labute approximate surface area is 274 Å². The highest BCUT2D eigenvalue weighted by atomic mass is 16.5. The summed E-state index contributed by atoms with van der Waals surface area (Å²) in [7, 11) is 0. The van der Waals surface area contributed by atoms with Crippen molar-refractivity contribution in [3.63, 3.8) is 0 Å². The van der Waals surface area contributed by atoms with E-state index in [9.17, 15) is 9.59 Å². The lowest BCUT2D eigenvalue weighted by atomic mass is 9.86. The Kier molecular flexibility index (Phi) is 28.2. The largest absolute Gasteiger partial charge is 0.357 e. The Bertz CT molecular complexity index is 668. The van der Waals surface area contributed by atoms with Crippen molar-refractivity contribution in [3.8, 4) is 0 Å². The Morgan fingerprint density at radius 2 is 0.864 bits per heavy atom. The van der Waals surface area contributed by atoms with E-state index < -0.39 is 5.60 Å². The van der Waals surface area contributed by atoms with Crippen LogP contribution in [0.25, 0.3) is 0 Å². The molecular weight excluding hydrogens is 542 g/mol. The quantitative estimate of drug-likeness (QED) is 0.0464. The van der Waals surface area contributed by atoms with Gasteiger partial charge in [-0.15, -0.1) is 0 Å². The number of unbranched alkanes of at least 4 members (excludes halogenated alkanes) is 22. The SMILES string of the molecule is CCCCCCCCC=CCCCCCCCC(=O)C1(C(=O)CCCCCCCC=CCCCCCCCC)CNCCO1. The predicted molar refractivity (Wildman–Crippen MR) is 190 cm³/mol. The van der Waals surface area contributed by atoms with Gasteiger partial charge in [0.2, 0.25) is 0 Å². The van der Waals surface area contributed by atoms with Crippen LogP contribution in [0.15, 0.2) is 24.3 Å². The van der Waals surface area contributed by atoms with E-state index in [2.05, 4.69) is 43.5 Å². The van der Waals surface area contributed by atoms with Gasteiger partial charge in [0.25, 0.3) is 0 Å². The molecule has 0 radical (unpaired) electrons. The number of carbonyl (C=O) groups excluding carboxylic acids is 2. The maximum Gasteiger partial charge on any atom is 0.196 e. The molecule has 0 aromatic carbocycles. The average Bonchev–Trinajstić information content (AvgIpc) is 3.04. The van der Waals surface area contributed by atoms with Crippen molar-refractivity contribution in [3.05, 3.63) is 24.3 Å². The molecule has 1 N–H and O–H groups in total. The summed E-state index contributed by atoms with van der Waals surface area (Å²) < 4.78 is 5.96. The topological polar surface area (TPSA) is 55.4 Å². The third-order valence-electron chi connectivity index (χ3n) is 9.23. The van der Waals surface area contributed by atoms with Gasteiger partial charge in [-0.05, 0) is 64.2 Å². The van der Waals surface area contributed by atoms with Crippen LogP contribution < -0.4 is 5.32 Å². The van der Waals surface area contributed by atoms with Crippen molar-refractivity contribution in [1.29, 1.82) is 0 Å². The van der Waals surface area contributed by atoms with Crippen LogP contribution >= 0.6 is 0 Å². The first-order valence-electron chi connectivity index (χ1n) is 19.4. The summed E-state index contributed by atoms with van der Waals surface area (Å²) in [6, 6.07) is 0. The lowest BCUT2D eigenvalue weighted by Gasteiger charge is -2.35. The Hall–Kier alpha value is -1.26. The summed E-state index contributed by atoms with van der Waals surface area (Å²) in [5.41, 5.74) is -1.24. The summed E-state index contributed by atoms with van der Waals surface area (Å²) in [4.78, 5) is 26.5. The molecule has 0 spiro atoms. The fraction of sp³-hybridized carbons (Fsp3) is 0.850. The van der Waals surface area contributed by atoms with E-state index in [-0.39, 0.29) is 11.6 Å². The minimum Gasteiger partial charge on any atom is -0.357 e. The van der Waals surface area contributed by atoms with E-state index >= 15 is 0 Å². The molecule has 0 bridgehead atoms. The molecule has 256 valence electrons. The number of ether oxygens (including phenoxy) is 1. The minimum absolute atomic E-state index is 0.0000685. The highest BCUT2D eigenvalue weighted by molar-refractivity contribution is 6.10. The molecule has 0 unspecified atom stereocenters. The molecule has 0 atom stereocenters. The van der Waals surface area contributed by atoms with Crippen LogP contribution in [0.3, 0.4) is 0 Å². The van der Waals surface area contributed by atoms with Crippen molar-refractivity contribution in [2.24, 2.45) is 0 Å². The monoisotopic (exact) mass is 616 g/mol. The number of rotatable bonds is 32. The number of morpholine rings is 1. The standard InChI is InChI=1S/C40H73NO3/c1-3-5-7-9-11-13-15-17-19-21-23-25-27-29-31-33-38(42)40(37-41-35-36-44-40)39(43)34-32-30-28-26-24-22-20-18-16-14-12-10-8-6-4-2/h17-20,41H,3-16,21-37H2,1-2H3. The number of allylic oxidation sites excluding steroid dienone is 4. The highest BCUT2D eigenvalue weighted by Gasteiger charge is 2.46. The molecule has 0 aromatic rings. The molecule has 1 fully saturated rings. The molecule has 1 aliphatic rings. The molecule has 4 heteroatoms. The van der Waals surface area contributed by atoms with Crippen molar-refractivity contribution in [1.82, 2.24) is 5.32 Å². The van der Waals surface area contributed by atoms with Crippen LogP contribution in [-0.2, 0) is 14.3 Å². The second-order valence-corrected chi connectivity index (χ2v) is 13.4. The second kappa shape index (κ2) is 30.4. The number of carbonyl (C=O) groups is 2. The summed E-state index contributed by atoms with van der Waals surface area (Å²) in [5, 5.41) is 3.27. The first-order chi connectivity index (χ1) is 21.7. The third-order valence-corrected chi connectivity index (χ3v) is 9.23. The van der Waals surface area contributed by atoms with Crippen LogP contribution in [-0.4, -0.2) is 36.9 Å². The smallest absolute Gasteiger partial charge is 0.196 e. The predicted octanol–water partition coefficient (Wildman–Crippen LogP) is 11.6. The average molecular weight is 616 g/mol. The molecule has 44 heavy (non-hydrogen) atoms. The molecular formula is C40H73NO3. The molecule has 0 aliphatic carbocycles.